The van der Waals surface area contributed by atoms with Gasteiger partial charge in [0.1, 0.15) is 5.75 Å². The topological polar surface area (TPSA) is 91.9 Å². The van der Waals surface area contributed by atoms with Gasteiger partial charge in [-0.3, -0.25) is 4.79 Å². The second kappa shape index (κ2) is 9.49. The van der Waals surface area contributed by atoms with E-state index in [0.717, 1.165) is 11.3 Å². The Morgan fingerprint density at radius 1 is 1.13 bits per heavy atom. The third kappa shape index (κ3) is 4.83. The number of carbonyl (C=O) groups excluding carboxylic acids is 1. The largest absolute Gasteiger partial charge is 0.504 e. The summed E-state index contributed by atoms with van der Waals surface area (Å²) in [6, 6.07) is 11.7. The standard InChI is InChI=1S/C22H25N3O4S/c1-4-28-16-9-7-15(8-10-16)24-21(27)19-13(3)23-22(30)25-20(19)14-6-11-17(26)18(12-14)29-5-2/h6-12,20,26H,4-5H2,1-3H3,(H,24,27)(H2,23,25,30)/t20-/m1/s1. The van der Waals surface area contributed by atoms with Crippen LogP contribution in [0.2, 0.25) is 0 Å². The summed E-state index contributed by atoms with van der Waals surface area (Å²) in [5.74, 6) is 0.862. The average Bonchev–Trinajstić information content (AvgIpc) is 2.71. The van der Waals surface area contributed by atoms with Crippen molar-refractivity contribution in [3.63, 3.8) is 0 Å². The van der Waals surface area contributed by atoms with Crippen molar-refractivity contribution in [1.82, 2.24) is 10.6 Å². The smallest absolute Gasteiger partial charge is 0.255 e. The Hall–Kier alpha value is -3.26. The summed E-state index contributed by atoms with van der Waals surface area (Å²) in [6.07, 6.45) is 0. The molecule has 8 heteroatoms. The first-order chi connectivity index (χ1) is 14.4. The van der Waals surface area contributed by atoms with Crippen molar-refractivity contribution in [2.45, 2.75) is 26.8 Å². The van der Waals surface area contributed by atoms with Crippen LogP contribution in [0.15, 0.2) is 53.7 Å². The second-order valence-corrected chi connectivity index (χ2v) is 7.05. The molecule has 1 heterocycles. The predicted octanol–water partition coefficient (Wildman–Crippen LogP) is 3.62. The molecule has 0 unspecified atom stereocenters. The molecule has 1 atom stereocenters. The SMILES string of the molecule is CCOc1ccc(NC(=O)C2=C(C)NC(=S)N[C@@H]2c2ccc(O)c(OCC)c2)cc1. The number of aromatic hydroxyl groups is 1. The minimum atomic E-state index is -0.499. The number of carbonyl (C=O) groups is 1. The lowest BCUT2D eigenvalue weighted by Crippen LogP contribution is -2.45. The lowest BCUT2D eigenvalue weighted by Gasteiger charge is -2.30. The van der Waals surface area contributed by atoms with Crippen LogP contribution in [0.4, 0.5) is 5.69 Å². The van der Waals surface area contributed by atoms with E-state index < -0.39 is 6.04 Å². The number of phenols is 1. The second-order valence-electron chi connectivity index (χ2n) is 6.64. The van der Waals surface area contributed by atoms with Gasteiger partial charge in [0, 0.05) is 11.4 Å². The van der Waals surface area contributed by atoms with Crippen molar-refractivity contribution in [3.05, 3.63) is 59.3 Å². The highest BCUT2D eigenvalue weighted by atomic mass is 32.1. The molecule has 30 heavy (non-hydrogen) atoms. The minimum absolute atomic E-state index is 0.0400. The molecule has 7 nitrogen and oxygen atoms in total. The summed E-state index contributed by atoms with van der Waals surface area (Å²) in [7, 11) is 0. The van der Waals surface area contributed by atoms with Crippen molar-refractivity contribution in [2.24, 2.45) is 0 Å². The van der Waals surface area contributed by atoms with Crippen LogP contribution in [0.1, 0.15) is 32.4 Å². The third-order valence-electron chi connectivity index (χ3n) is 4.55. The Morgan fingerprint density at radius 2 is 1.83 bits per heavy atom. The summed E-state index contributed by atoms with van der Waals surface area (Å²) >= 11 is 5.30. The van der Waals surface area contributed by atoms with E-state index in [1.54, 1.807) is 49.4 Å². The Bertz CT molecular complexity index is 973. The van der Waals surface area contributed by atoms with E-state index in [1.165, 1.54) is 0 Å². The molecule has 0 bridgehead atoms. The molecule has 2 aromatic rings. The fourth-order valence-electron chi connectivity index (χ4n) is 3.23. The highest BCUT2D eigenvalue weighted by Crippen LogP contribution is 2.34. The zero-order valence-corrected chi connectivity index (χ0v) is 17.9. The van der Waals surface area contributed by atoms with Crippen LogP contribution >= 0.6 is 12.2 Å². The number of amides is 1. The van der Waals surface area contributed by atoms with E-state index in [4.69, 9.17) is 21.7 Å². The summed E-state index contributed by atoms with van der Waals surface area (Å²) in [4.78, 5) is 13.2. The van der Waals surface area contributed by atoms with E-state index in [-0.39, 0.29) is 11.7 Å². The maximum Gasteiger partial charge on any atom is 0.255 e. The number of phenolic OH excluding ortho intramolecular Hbond substituents is 1. The molecule has 0 fully saturated rings. The fourth-order valence-corrected chi connectivity index (χ4v) is 3.50. The van der Waals surface area contributed by atoms with Crippen molar-refractivity contribution in [3.8, 4) is 17.2 Å². The van der Waals surface area contributed by atoms with Crippen molar-refractivity contribution < 1.29 is 19.4 Å². The molecule has 158 valence electrons. The molecule has 1 aliphatic rings. The van der Waals surface area contributed by atoms with Crippen LogP contribution in [0.5, 0.6) is 17.2 Å². The monoisotopic (exact) mass is 427 g/mol. The molecule has 1 aliphatic heterocycles. The summed E-state index contributed by atoms with van der Waals surface area (Å²) in [5.41, 5.74) is 2.54. The quantitative estimate of drug-likeness (QED) is 0.502. The molecule has 2 aromatic carbocycles. The lowest BCUT2D eigenvalue weighted by molar-refractivity contribution is -0.113. The molecule has 1 amide bonds. The van der Waals surface area contributed by atoms with E-state index in [0.29, 0.717) is 41.0 Å². The van der Waals surface area contributed by atoms with Crippen molar-refractivity contribution in [1.29, 1.82) is 0 Å². The average molecular weight is 428 g/mol. The van der Waals surface area contributed by atoms with Gasteiger partial charge in [0.2, 0.25) is 0 Å². The normalized spacial score (nSPS) is 15.8. The Morgan fingerprint density at radius 3 is 2.50 bits per heavy atom. The lowest BCUT2D eigenvalue weighted by atomic mass is 9.94. The van der Waals surface area contributed by atoms with Gasteiger partial charge >= 0.3 is 0 Å². The summed E-state index contributed by atoms with van der Waals surface area (Å²) in [6.45, 7) is 6.54. The molecule has 3 rings (SSSR count). The number of thiocarbonyl (C=S) groups is 1. The van der Waals surface area contributed by atoms with Gasteiger partial charge in [0.05, 0.1) is 24.8 Å². The van der Waals surface area contributed by atoms with Gasteiger partial charge in [-0.2, -0.15) is 0 Å². The Balaban J connectivity index is 1.89. The zero-order valence-electron chi connectivity index (χ0n) is 17.1. The Labute approximate surface area is 181 Å². The number of anilines is 1. The highest BCUT2D eigenvalue weighted by Gasteiger charge is 2.30. The van der Waals surface area contributed by atoms with Crippen molar-refractivity contribution >= 4 is 28.9 Å². The molecule has 0 aromatic heterocycles. The highest BCUT2D eigenvalue weighted by molar-refractivity contribution is 7.80. The molecule has 0 radical (unpaired) electrons. The van der Waals surface area contributed by atoms with Crippen LogP contribution in [-0.2, 0) is 4.79 Å². The first-order valence-corrected chi connectivity index (χ1v) is 10.1. The molecule has 0 saturated carbocycles. The summed E-state index contributed by atoms with van der Waals surface area (Å²) < 4.78 is 10.9. The summed E-state index contributed by atoms with van der Waals surface area (Å²) in [5, 5.41) is 19.5. The Kier molecular flexibility index (Phi) is 6.79. The number of hydrogen-bond donors (Lipinski definition) is 4. The number of hydrogen-bond acceptors (Lipinski definition) is 5. The van der Waals surface area contributed by atoms with Crippen molar-refractivity contribution in [2.75, 3.05) is 18.5 Å². The molecule has 0 aliphatic carbocycles. The molecule has 0 saturated heterocycles. The fraction of sp³-hybridized carbons (Fsp3) is 0.273. The van der Waals surface area contributed by atoms with Crippen LogP contribution in [0.25, 0.3) is 0 Å². The van der Waals surface area contributed by atoms with Gasteiger partial charge < -0.3 is 30.5 Å². The number of allylic oxidation sites excluding steroid dienone is 1. The van der Waals surface area contributed by atoms with Gasteiger partial charge in [-0.1, -0.05) is 6.07 Å². The first kappa shape index (κ1) is 21.4. The van der Waals surface area contributed by atoms with E-state index >= 15 is 0 Å². The van der Waals surface area contributed by atoms with E-state index in [1.807, 2.05) is 13.8 Å². The molecular weight excluding hydrogens is 402 g/mol. The maximum atomic E-state index is 13.2. The zero-order chi connectivity index (χ0) is 21.7. The first-order valence-electron chi connectivity index (χ1n) is 9.71. The van der Waals surface area contributed by atoms with Gasteiger partial charge in [-0.05, 0) is 75.0 Å². The number of rotatable bonds is 7. The van der Waals surface area contributed by atoms with Gasteiger partial charge in [-0.25, -0.2) is 0 Å². The number of benzene rings is 2. The van der Waals surface area contributed by atoms with E-state index in [9.17, 15) is 9.90 Å². The van der Waals surface area contributed by atoms with Gasteiger partial charge in [0.25, 0.3) is 5.91 Å². The van der Waals surface area contributed by atoms with Crippen LogP contribution < -0.4 is 25.4 Å². The predicted molar refractivity (Wildman–Crippen MR) is 120 cm³/mol. The molecular formula is C22H25N3O4S. The number of ether oxygens (including phenoxy) is 2. The van der Waals surface area contributed by atoms with Gasteiger partial charge in [0.15, 0.2) is 16.6 Å². The minimum Gasteiger partial charge on any atom is -0.504 e. The molecule has 0 spiro atoms. The van der Waals surface area contributed by atoms with Crippen LogP contribution in [0.3, 0.4) is 0 Å². The van der Waals surface area contributed by atoms with Crippen LogP contribution in [0, 0.1) is 0 Å². The number of nitrogens with one attached hydrogen (secondary N) is 3. The van der Waals surface area contributed by atoms with Crippen LogP contribution in [-0.4, -0.2) is 29.3 Å². The van der Waals surface area contributed by atoms with E-state index in [2.05, 4.69) is 16.0 Å². The van der Waals surface area contributed by atoms with Gasteiger partial charge in [-0.15, -0.1) is 0 Å². The third-order valence-corrected chi connectivity index (χ3v) is 4.77. The maximum absolute atomic E-state index is 13.2. The molecule has 4 N–H and O–H groups in total.